The van der Waals surface area contributed by atoms with Gasteiger partial charge in [-0.2, -0.15) is 0 Å². The highest BCUT2D eigenvalue weighted by molar-refractivity contribution is 7.22. The average Bonchev–Trinajstić information content (AvgIpc) is 3.02. The zero-order valence-corrected chi connectivity index (χ0v) is 14.0. The molecule has 2 aromatic heterocycles. The average molecular weight is 329 g/mol. The molecular weight excluding hydrogens is 312 g/mol. The molecule has 112 valence electrons. The molecule has 3 heterocycles. The fourth-order valence-electron chi connectivity index (χ4n) is 3.15. The second-order valence-corrected chi connectivity index (χ2v) is 7.44. The molecule has 22 heavy (non-hydrogen) atoms. The molecule has 0 fully saturated rings. The smallest absolute Gasteiger partial charge is 0.108 e. The van der Waals surface area contributed by atoms with Crippen LogP contribution in [0.3, 0.4) is 0 Å². The van der Waals surface area contributed by atoms with Crippen LogP contribution in [-0.2, 0) is 13.0 Å². The Balaban J connectivity index is 1.84. The summed E-state index contributed by atoms with van der Waals surface area (Å²) in [6, 6.07) is 12.5. The van der Waals surface area contributed by atoms with Crippen LogP contribution in [0.5, 0.6) is 0 Å². The van der Waals surface area contributed by atoms with Gasteiger partial charge in [-0.15, -0.1) is 11.3 Å². The number of aromatic nitrogens is 1. The summed E-state index contributed by atoms with van der Waals surface area (Å²) < 4.78 is 3.20. The van der Waals surface area contributed by atoms with Gasteiger partial charge < -0.3 is 9.47 Å². The van der Waals surface area contributed by atoms with Crippen molar-refractivity contribution in [2.24, 2.45) is 0 Å². The number of thiophene rings is 1. The number of halogens is 1. The molecule has 0 aliphatic carbocycles. The van der Waals surface area contributed by atoms with Crippen LogP contribution < -0.4 is 0 Å². The van der Waals surface area contributed by atoms with Crippen LogP contribution >= 0.6 is 22.9 Å². The molecule has 0 bridgehead atoms. The summed E-state index contributed by atoms with van der Waals surface area (Å²) in [5.41, 5.74) is 4.08. The van der Waals surface area contributed by atoms with Gasteiger partial charge in [-0.05, 0) is 30.3 Å². The Morgan fingerprint density at radius 3 is 2.86 bits per heavy atom. The summed E-state index contributed by atoms with van der Waals surface area (Å²) in [5.74, 6) is 0. The van der Waals surface area contributed by atoms with Crippen molar-refractivity contribution >= 4 is 45.4 Å². The van der Waals surface area contributed by atoms with Crippen molar-refractivity contribution in [1.29, 1.82) is 0 Å². The minimum absolute atomic E-state index is 0.864. The number of nitrogens with zero attached hydrogens (tertiary/aromatic N) is 2. The Bertz CT molecular complexity index is 845. The van der Waals surface area contributed by atoms with E-state index in [2.05, 4.69) is 59.1 Å². The zero-order valence-electron chi connectivity index (χ0n) is 12.4. The SMILES string of the molecule is CN1CCc2c(c3cc(Cl)sc3n2/C=C\c2ccccc2)C1. The van der Waals surface area contributed by atoms with Gasteiger partial charge in [0, 0.05) is 36.8 Å². The second kappa shape index (κ2) is 5.58. The minimum atomic E-state index is 0.864. The van der Waals surface area contributed by atoms with E-state index in [1.807, 2.05) is 6.07 Å². The molecule has 0 radical (unpaired) electrons. The molecule has 1 aromatic carbocycles. The summed E-state index contributed by atoms with van der Waals surface area (Å²) in [4.78, 5) is 3.64. The van der Waals surface area contributed by atoms with E-state index in [9.17, 15) is 0 Å². The van der Waals surface area contributed by atoms with Crippen LogP contribution in [0.4, 0.5) is 0 Å². The molecule has 0 spiro atoms. The molecule has 0 N–H and O–H groups in total. The lowest BCUT2D eigenvalue weighted by molar-refractivity contribution is 0.312. The molecule has 1 aliphatic rings. The predicted molar refractivity (Wildman–Crippen MR) is 96.5 cm³/mol. The highest BCUT2D eigenvalue weighted by atomic mass is 35.5. The highest BCUT2D eigenvalue weighted by Gasteiger charge is 2.23. The Morgan fingerprint density at radius 1 is 1.23 bits per heavy atom. The van der Waals surface area contributed by atoms with E-state index in [1.54, 1.807) is 11.3 Å². The lowest BCUT2D eigenvalue weighted by Crippen LogP contribution is -2.26. The molecule has 3 aromatic rings. The van der Waals surface area contributed by atoms with Crippen molar-refractivity contribution in [2.75, 3.05) is 13.6 Å². The van der Waals surface area contributed by atoms with Crippen molar-refractivity contribution in [2.45, 2.75) is 13.0 Å². The number of rotatable bonds is 2. The predicted octanol–water partition coefficient (Wildman–Crippen LogP) is 4.97. The van der Waals surface area contributed by atoms with E-state index in [0.717, 1.165) is 23.8 Å². The first-order valence-corrected chi connectivity index (χ1v) is 8.64. The molecule has 0 atom stereocenters. The van der Waals surface area contributed by atoms with Crippen molar-refractivity contribution in [3.8, 4) is 0 Å². The number of hydrogen-bond donors (Lipinski definition) is 0. The maximum atomic E-state index is 6.26. The van der Waals surface area contributed by atoms with Gasteiger partial charge in [-0.25, -0.2) is 0 Å². The van der Waals surface area contributed by atoms with Crippen molar-refractivity contribution in [1.82, 2.24) is 9.47 Å². The van der Waals surface area contributed by atoms with Gasteiger partial charge in [0.15, 0.2) is 0 Å². The fourth-order valence-corrected chi connectivity index (χ4v) is 4.40. The fraction of sp³-hybridized carbons (Fsp3) is 0.222. The molecule has 4 rings (SSSR count). The normalized spacial score (nSPS) is 15.7. The van der Waals surface area contributed by atoms with Crippen molar-refractivity contribution < 1.29 is 0 Å². The maximum absolute atomic E-state index is 6.26. The second-order valence-electron chi connectivity index (χ2n) is 5.78. The Morgan fingerprint density at radius 2 is 2.05 bits per heavy atom. The molecule has 0 saturated carbocycles. The third-order valence-electron chi connectivity index (χ3n) is 4.24. The summed E-state index contributed by atoms with van der Waals surface area (Å²) >= 11 is 7.93. The summed E-state index contributed by atoms with van der Waals surface area (Å²) in [7, 11) is 2.18. The van der Waals surface area contributed by atoms with Gasteiger partial charge in [0.05, 0.1) is 4.34 Å². The lowest BCUT2D eigenvalue weighted by atomic mass is 10.1. The third kappa shape index (κ3) is 2.39. The first-order valence-electron chi connectivity index (χ1n) is 7.45. The van der Waals surface area contributed by atoms with Crippen LogP contribution in [0.15, 0.2) is 36.4 Å². The highest BCUT2D eigenvalue weighted by Crippen LogP contribution is 2.38. The molecule has 1 aliphatic heterocycles. The molecule has 2 nitrogen and oxygen atoms in total. The van der Waals surface area contributed by atoms with Gasteiger partial charge in [0.1, 0.15) is 4.83 Å². The van der Waals surface area contributed by atoms with E-state index in [0.29, 0.717) is 0 Å². The standard InChI is InChI=1S/C18H17ClN2S/c1-20-9-8-16-15(12-20)14-11-17(19)22-18(14)21(16)10-7-13-5-3-2-4-6-13/h2-7,10-11H,8-9,12H2,1H3/b10-7-. The van der Waals surface area contributed by atoms with Crippen molar-refractivity contribution in [3.05, 3.63) is 57.6 Å². The van der Waals surface area contributed by atoms with Crippen LogP contribution in [0.25, 0.3) is 22.5 Å². The first kappa shape index (κ1) is 14.1. The van der Waals surface area contributed by atoms with E-state index >= 15 is 0 Å². The Labute approximate surface area is 139 Å². The molecule has 0 saturated heterocycles. The van der Waals surface area contributed by atoms with E-state index in [1.165, 1.54) is 27.0 Å². The Hall–Kier alpha value is -1.55. The summed E-state index contributed by atoms with van der Waals surface area (Å²) in [5, 5.41) is 1.31. The summed E-state index contributed by atoms with van der Waals surface area (Å²) in [6.07, 6.45) is 5.45. The summed E-state index contributed by atoms with van der Waals surface area (Å²) in [6.45, 7) is 2.11. The van der Waals surface area contributed by atoms with E-state index in [-0.39, 0.29) is 0 Å². The van der Waals surface area contributed by atoms with Gasteiger partial charge in [0.25, 0.3) is 0 Å². The van der Waals surface area contributed by atoms with Gasteiger partial charge in [0.2, 0.25) is 0 Å². The van der Waals surface area contributed by atoms with E-state index in [4.69, 9.17) is 11.6 Å². The van der Waals surface area contributed by atoms with E-state index < -0.39 is 0 Å². The number of benzene rings is 1. The van der Waals surface area contributed by atoms with Gasteiger partial charge in [-0.1, -0.05) is 41.9 Å². The van der Waals surface area contributed by atoms with Gasteiger partial charge in [-0.3, -0.25) is 0 Å². The molecule has 0 unspecified atom stereocenters. The van der Waals surface area contributed by atoms with Crippen LogP contribution in [0.1, 0.15) is 16.8 Å². The molecular formula is C18H17ClN2S. The Kier molecular flexibility index (Phi) is 3.57. The van der Waals surface area contributed by atoms with Crippen LogP contribution in [0, 0.1) is 0 Å². The monoisotopic (exact) mass is 328 g/mol. The largest absolute Gasteiger partial charge is 0.312 e. The number of fused-ring (bicyclic) bond motifs is 3. The van der Waals surface area contributed by atoms with Gasteiger partial charge >= 0.3 is 0 Å². The maximum Gasteiger partial charge on any atom is 0.108 e. The zero-order chi connectivity index (χ0) is 15.1. The quantitative estimate of drug-likeness (QED) is 0.644. The molecule has 4 heteroatoms. The topological polar surface area (TPSA) is 8.17 Å². The molecule has 0 amide bonds. The third-order valence-corrected chi connectivity index (χ3v) is 5.50. The minimum Gasteiger partial charge on any atom is -0.312 e. The van der Waals surface area contributed by atoms with Crippen LogP contribution in [-0.4, -0.2) is 23.1 Å². The van der Waals surface area contributed by atoms with Crippen LogP contribution in [0.2, 0.25) is 4.34 Å². The number of likely N-dealkylation sites (N-methyl/N-ethyl adjacent to an activating group) is 1. The number of hydrogen-bond acceptors (Lipinski definition) is 2. The first-order chi connectivity index (χ1) is 10.7. The lowest BCUT2D eigenvalue weighted by Gasteiger charge is -2.23. The van der Waals surface area contributed by atoms with Crippen molar-refractivity contribution in [3.63, 3.8) is 0 Å².